The van der Waals surface area contributed by atoms with Gasteiger partial charge in [-0.3, -0.25) is 0 Å². The van der Waals surface area contributed by atoms with Crippen molar-refractivity contribution in [2.24, 2.45) is 0 Å². The van der Waals surface area contributed by atoms with Crippen LogP contribution >= 0.6 is 22.6 Å². The first-order chi connectivity index (χ1) is 8.20. The highest BCUT2D eigenvalue weighted by atomic mass is 127. The van der Waals surface area contributed by atoms with E-state index in [0.717, 1.165) is 24.0 Å². The van der Waals surface area contributed by atoms with Gasteiger partial charge in [-0.15, -0.1) is 0 Å². The van der Waals surface area contributed by atoms with Gasteiger partial charge in [0.25, 0.3) is 0 Å². The first kappa shape index (κ1) is 12.6. The maximum atomic E-state index is 13.5. The van der Waals surface area contributed by atoms with Gasteiger partial charge in [-0.05, 0) is 57.8 Å². The van der Waals surface area contributed by atoms with E-state index in [1.54, 1.807) is 6.07 Å². The van der Waals surface area contributed by atoms with Crippen molar-refractivity contribution >= 4 is 22.6 Å². The monoisotopic (exact) mass is 340 g/mol. The fraction of sp³-hybridized carbons (Fsp3) is 0.200. The second kappa shape index (κ2) is 5.63. The summed E-state index contributed by atoms with van der Waals surface area (Å²) in [6, 6.07) is 13.7. The Balaban J connectivity index is 2.30. The van der Waals surface area contributed by atoms with Gasteiger partial charge in [0.15, 0.2) is 0 Å². The normalized spacial score (nSPS) is 10.5. The molecule has 17 heavy (non-hydrogen) atoms. The van der Waals surface area contributed by atoms with E-state index in [1.165, 1.54) is 5.56 Å². The molecule has 2 heteroatoms. The van der Waals surface area contributed by atoms with Crippen LogP contribution in [0.25, 0.3) is 11.1 Å². The number of benzene rings is 2. The van der Waals surface area contributed by atoms with Crippen LogP contribution in [-0.4, -0.2) is 0 Å². The topological polar surface area (TPSA) is 0 Å². The largest absolute Gasteiger partial charge is 0.206 e. The summed E-state index contributed by atoms with van der Waals surface area (Å²) in [6.45, 7) is 2.17. The number of hydrogen-bond acceptors (Lipinski definition) is 0. The Bertz CT molecular complexity index is 503. The number of aryl methyl sites for hydroxylation is 1. The van der Waals surface area contributed by atoms with Crippen LogP contribution in [0.3, 0.4) is 0 Å². The molecule has 2 aromatic rings. The van der Waals surface area contributed by atoms with Gasteiger partial charge in [0.2, 0.25) is 0 Å². The van der Waals surface area contributed by atoms with Crippen molar-refractivity contribution in [3.05, 3.63) is 57.4 Å². The van der Waals surface area contributed by atoms with Crippen molar-refractivity contribution in [1.82, 2.24) is 0 Å². The Labute approximate surface area is 115 Å². The molecule has 0 nitrogen and oxygen atoms in total. The molecule has 88 valence electrons. The summed E-state index contributed by atoms with van der Waals surface area (Å²) in [6.07, 6.45) is 2.25. The van der Waals surface area contributed by atoms with Gasteiger partial charge in [-0.1, -0.05) is 43.7 Å². The fourth-order valence-corrected chi connectivity index (χ4v) is 2.16. The predicted molar refractivity (Wildman–Crippen MR) is 78.5 cm³/mol. The van der Waals surface area contributed by atoms with Crippen molar-refractivity contribution in [2.75, 3.05) is 0 Å². The molecule has 0 atom stereocenters. The van der Waals surface area contributed by atoms with Crippen LogP contribution in [0.15, 0.2) is 42.5 Å². The molecule has 0 aliphatic carbocycles. The van der Waals surface area contributed by atoms with Crippen molar-refractivity contribution in [2.45, 2.75) is 19.8 Å². The van der Waals surface area contributed by atoms with E-state index >= 15 is 0 Å². The molecule has 0 N–H and O–H groups in total. The van der Waals surface area contributed by atoms with Gasteiger partial charge in [0, 0.05) is 3.57 Å². The first-order valence-electron chi connectivity index (χ1n) is 5.75. The Morgan fingerprint density at radius 3 is 2.24 bits per heavy atom. The molecule has 0 amide bonds. The zero-order chi connectivity index (χ0) is 12.3. The number of halogens is 2. The SMILES string of the molecule is CCCc1ccc(-c2ccc(I)c(F)c2)cc1. The van der Waals surface area contributed by atoms with E-state index in [9.17, 15) is 4.39 Å². The quantitative estimate of drug-likeness (QED) is 0.686. The van der Waals surface area contributed by atoms with E-state index in [-0.39, 0.29) is 5.82 Å². The molecular weight excluding hydrogens is 326 g/mol. The molecule has 0 aliphatic heterocycles. The molecule has 2 aromatic carbocycles. The second-order valence-corrected chi connectivity index (χ2v) is 5.24. The second-order valence-electron chi connectivity index (χ2n) is 4.08. The number of rotatable bonds is 3. The molecule has 0 aliphatic rings. The van der Waals surface area contributed by atoms with Crippen LogP contribution < -0.4 is 0 Å². The summed E-state index contributed by atoms with van der Waals surface area (Å²) >= 11 is 2.00. The summed E-state index contributed by atoms with van der Waals surface area (Å²) in [5.74, 6) is -0.152. The molecule has 0 radical (unpaired) electrons. The lowest BCUT2D eigenvalue weighted by Gasteiger charge is -2.04. The lowest BCUT2D eigenvalue weighted by atomic mass is 10.0. The molecule has 0 fully saturated rings. The van der Waals surface area contributed by atoms with Crippen molar-refractivity contribution in [3.63, 3.8) is 0 Å². The molecule has 2 rings (SSSR count). The van der Waals surface area contributed by atoms with Gasteiger partial charge in [-0.25, -0.2) is 4.39 Å². The highest BCUT2D eigenvalue weighted by molar-refractivity contribution is 14.1. The van der Waals surface area contributed by atoms with Gasteiger partial charge in [-0.2, -0.15) is 0 Å². The van der Waals surface area contributed by atoms with E-state index in [1.807, 2.05) is 34.7 Å². The Morgan fingerprint density at radius 2 is 1.65 bits per heavy atom. The average molecular weight is 340 g/mol. The molecule has 0 unspecified atom stereocenters. The van der Waals surface area contributed by atoms with E-state index in [2.05, 4.69) is 31.2 Å². The van der Waals surface area contributed by atoms with E-state index < -0.39 is 0 Å². The molecular formula is C15H14FI. The number of hydrogen-bond donors (Lipinski definition) is 0. The van der Waals surface area contributed by atoms with Crippen molar-refractivity contribution < 1.29 is 4.39 Å². The van der Waals surface area contributed by atoms with E-state index in [0.29, 0.717) is 3.57 Å². The van der Waals surface area contributed by atoms with E-state index in [4.69, 9.17) is 0 Å². The van der Waals surface area contributed by atoms with Crippen molar-refractivity contribution in [3.8, 4) is 11.1 Å². The Morgan fingerprint density at radius 1 is 1.00 bits per heavy atom. The van der Waals surface area contributed by atoms with Crippen LogP contribution in [0.4, 0.5) is 4.39 Å². The van der Waals surface area contributed by atoms with Gasteiger partial charge in [0.1, 0.15) is 5.82 Å². The minimum Gasteiger partial charge on any atom is -0.206 e. The molecule has 0 saturated carbocycles. The van der Waals surface area contributed by atoms with Gasteiger partial charge < -0.3 is 0 Å². The van der Waals surface area contributed by atoms with Gasteiger partial charge >= 0.3 is 0 Å². The maximum Gasteiger partial charge on any atom is 0.137 e. The fourth-order valence-electron chi connectivity index (χ4n) is 1.83. The molecule has 0 bridgehead atoms. The molecule has 0 saturated heterocycles. The minimum absolute atomic E-state index is 0.152. The van der Waals surface area contributed by atoms with Crippen LogP contribution in [0.1, 0.15) is 18.9 Å². The third-order valence-corrected chi connectivity index (χ3v) is 3.62. The maximum absolute atomic E-state index is 13.5. The smallest absolute Gasteiger partial charge is 0.137 e. The first-order valence-corrected chi connectivity index (χ1v) is 6.83. The minimum atomic E-state index is -0.152. The van der Waals surface area contributed by atoms with Crippen molar-refractivity contribution in [1.29, 1.82) is 0 Å². The Kier molecular flexibility index (Phi) is 4.15. The zero-order valence-corrected chi connectivity index (χ0v) is 11.9. The van der Waals surface area contributed by atoms with Crippen LogP contribution in [0, 0.1) is 9.39 Å². The summed E-state index contributed by atoms with van der Waals surface area (Å²) in [5.41, 5.74) is 3.34. The zero-order valence-electron chi connectivity index (χ0n) is 9.71. The predicted octanol–water partition coefficient (Wildman–Crippen LogP) is 5.05. The third-order valence-electron chi connectivity index (χ3n) is 2.75. The van der Waals surface area contributed by atoms with Crippen LogP contribution in [0.5, 0.6) is 0 Å². The van der Waals surface area contributed by atoms with Gasteiger partial charge in [0.05, 0.1) is 0 Å². The summed E-state index contributed by atoms with van der Waals surface area (Å²) < 4.78 is 14.1. The third kappa shape index (κ3) is 3.06. The summed E-state index contributed by atoms with van der Waals surface area (Å²) in [7, 11) is 0. The average Bonchev–Trinajstić information content (AvgIpc) is 2.34. The van der Waals surface area contributed by atoms with Crippen LogP contribution in [-0.2, 0) is 6.42 Å². The lowest BCUT2D eigenvalue weighted by Crippen LogP contribution is -1.86. The summed E-state index contributed by atoms with van der Waals surface area (Å²) in [5, 5.41) is 0. The lowest BCUT2D eigenvalue weighted by molar-refractivity contribution is 0.621. The standard InChI is InChI=1S/C15H14FI/c1-2-3-11-4-6-12(7-5-11)13-8-9-15(17)14(16)10-13/h4-10H,2-3H2,1H3. The molecule has 0 spiro atoms. The molecule has 0 heterocycles. The molecule has 0 aromatic heterocycles. The Hall–Kier alpha value is -0.900. The highest BCUT2D eigenvalue weighted by Gasteiger charge is 2.02. The summed E-state index contributed by atoms with van der Waals surface area (Å²) in [4.78, 5) is 0. The highest BCUT2D eigenvalue weighted by Crippen LogP contribution is 2.23. The van der Waals surface area contributed by atoms with Crippen LogP contribution in [0.2, 0.25) is 0 Å².